The van der Waals surface area contributed by atoms with Gasteiger partial charge in [-0.1, -0.05) is 48.4 Å². The van der Waals surface area contributed by atoms with Gasteiger partial charge >= 0.3 is 0 Å². The molecule has 0 bridgehead atoms. The van der Waals surface area contributed by atoms with Crippen molar-refractivity contribution >= 4 is 5.91 Å². The summed E-state index contributed by atoms with van der Waals surface area (Å²) in [7, 11) is 0. The van der Waals surface area contributed by atoms with Crippen LogP contribution in [0.15, 0.2) is 58.9 Å². The van der Waals surface area contributed by atoms with Gasteiger partial charge in [0, 0.05) is 5.56 Å². The highest BCUT2D eigenvalue weighted by molar-refractivity contribution is 5.94. The Kier molecular flexibility index (Phi) is 8.06. The van der Waals surface area contributed by atoms with Gasteiger partial charge in [-0.2, -0.15) is 5.10 Å². The van der Waals surface area contributed by atoms with E-state index in [0.717, 1.165) is 29.7 Å². The van der Waals surface area contributed by atoms with Crippen LogP contribution in [-0.2, 0) is 12.0 Å². The number of aromatic nitrogens is 2. The van der Waals surface area contributed by atoms with E-state index in [0.29, 0.717) is 11.4 Å². The van der Waals surface area contributed by atoms with Gasteiger partial charge in [0.15, 0.2) is 5.69 Å². The number of aliphatic hydroxyl groups is 1. The second-order valence-electron chi connectivity index (χ2n) is 10.4. The maximum atomic E-state index is 13.3. The van der Waals surface area contributed by atoms with Crippen molar-refractivity contribution in [1.29, 1.82) is 0 Å². The molecule has 0 radical (unpaired) electrons. The topological polar surface area (TPSA) is 76.4 Å². The summed E-state index contributed by atoms with van der Waals surface area (Å²) in [5.74, 6) is 0.953. The third-order valence-electron chi connectivity index (χ3n) is 6.48. The molecule has 0 saturated carbocycles. The van der Waals surface area contributed by atoms with Crippen LogP contribution in [0.5, 0.6) is 5.88 Å². The number of amides is 1. The minimum Gasteiger partial charge on any atom is -0.439 e. The van der Waals surface area contributed by atoms with E-state index in [4.69, 9.17) is 4.74 Å². The first-order chi connectivity index (χ1) is 16.5. The first-order valence-electron chi connectivity index (χ1n) is 12.3. The van der Waals surface area contributed by atoms with E-state index in [2.05, 4.69) is 44.2 Å². The van der Waals surface area contributed by atoms with Gasteiger partial charge in [0.1, 0.15) is 5.76 Å². The standard InChI is InChI=1S/C29H39N3O3/c1-9-22-11-13-23(14-12-22)24(17-33)30-27(34)26-21(5)28(32(31-26)29(6,7)8)35-25-15-10-18(2)16-19(3)20(25)4/h10-15,24,33H,9,16-17H2,1-8H3,(H,30,34). The first-order valence-corrected chi connectivity index (χ1v) is 12.3. The van der Waals surface area contributed by atoms with Gasteiger partial charge in [-0.15, -0.1) is 0 Å². The first kappa shape index (κ1) is 26.5. The average molecular weight is 478 g/mol. The molecular weight excluding hydrogens is 438 g/mol. The molecule has 0 aliphatic heterocycles. The van der Waals surface area contributed by atoms with E-state index in [1.165, 1.54) is 16.7 Å². The molecule has 3 rings (SSSR count). The molecule has 0 spiro atoms. The van der Waals surface area contributed by atoms with E-state index in [9.17, 15) is 9.90 Å². The number of hydrogen-bond acceptors (Lipinski definition) is 4. The summed E-state index contributed by atoms with van der Waals surface area (Å²) in [5, 5.41) is 17.6. The Morgan fingerprint density at radius 3 is 2.37 bits per heavy atom. The van der Waals surface area contributed by atoms with Crippen LogP contribution in [0, 0.1) is 6.92 Å². The van der Waals surface area contributed by atoms with Crippen LogP contribution >= 0.6 is 0 Å². The zero-order valence-corrected chi connectivity index (χ0v) is 22.3. The fraction of sp³-hybridized carbons (Fsp3) is 0.448. The minimum atomic E-state index is -0.525. The van der Waals surface area contributed by atoms with Gasteiger partial charge in [0.2, 0.25) is 5.88 Å². The highest BCUT2D eigenvalue weighted by atomic mass is 16.5. The molecule has 1 heterocycles. The number of allylic oxidation sites excluding steroid dienone is 5. The summed E-state index contributed by atoms with van der Waals surface area (Å²) in [6.07, 6.45) is 5.90. The second kappa shape index (κ2) is 10.6. The van der Waals surface area contributed by atoms with E-state index < -0.39 is 11.6 Å². The van der Waals surface area contributed by atoms with Gasteiger partial charge in [0.25, 0.3) is 5.91 Å². The van der Waals surface area contributed by atoms with Gasteiger partial charge < -0.3 is 15.2 Å². The number of hydrogen-bond donors (Lipinski definition) is 2. The second-order valence-corrected chi connectivity index (χ2v) is 10.4. The Morgan fingerprint density at radius 1 is 1.14 bits per heavy atom. The number of ether oxygens (including phenoxy) is 1. The van der Waals surface area contributed by atoms with Crippen molar-refractivity contribution in [3.05, 3.63) is 81.3 Å². The third-order valence-corrected chi connectivity index (χ3v) is 6.48. The number of rotatable bonds is 7. The summed E-state index contributed by atoms with van der Waals surface area (Å²) in [5.41, 5.74) is 6.20. The molecule has 1 unspecified atom stereocenters. The quantitative estimate of drug-likeness (QED) is 0.519. The maximum absolute atomic E-state index is 13.3. The van der Waals surface area contributed by atoms with E-state index in [1.807, 2.05) is 58.0 Å². The van der Waals surface area contributed by atoms with Gasteiger partial charge in [-0.3, -0.25) is 4.79 Å². The lowest BCUT2D eigenvalue weighted by Gasteiger charge is -2.23. The highest BCUT2D eigenvalue weighted by Gasteiger charge is 2.29. The molecule has 35 heavy (non-hydrogen) atoms. The molecule has 1 aromatic carbocycles. The smallest absolute Gasteiger partial charge is 0.272 e. The molecule has 1 atom stereocenters. The largest absolute Gasteiger partial charge is 0.439 e. The normalized spacial score (nSPS) is 15.3. The summed E-state index contributed by atoms with van der Waals surface area (Å²) in [4.78, 5) is 13.3. The number of benzene rings is 1. The molecule has 6 heteroatoms. The SMILES string of the molecule is CCc1ccc(C(CO)NC(=O)c2nn(C(C)(C)C)c(OC3=CC=C(C)CC(C)=C3C)c2C)cc1. The van der Waals surface area contributed by atoms with Crippen LogP contribution in [0.2, 0.25) is 0 Å². The maximum Gasteiger partial charge on any atom is 0.272 e. The minimum absolute atomic E-state index is 0.207. The van der Waals surface area contributed by atoms with Crippen LogP contribution in [0.3, 0.4) is 0 Å². The molecule has 1 amide bonds. The van der Waals surface area contributed by atoms with Crippen molar-refractivity contribution in [2.45, 2.75) is 79.8 Å². The van der Waals surface area contributed by atoms with Gasteiger partial charge in [-0.25, -0.2) is 4.68 Å². The number of aliphatic hydroxyl groups excluding tert-OH is 1. The summed E-state index contributed by atoms with van der Waals surface area (Å²) in [6, 6.07) is 7.40. The Labute approximate surface area is 209 Å². The molecule has 1 aromatic heterocycles. The Balaban J connectivity index is 1.96. The lowest BCUT2D eigenvalue weighted by atomic mass is 10.0. The lowest BCUT2D eigenvalue weighted by Crippen LogP contribution is -2.32. The number of aryl methyl sites for hydroxylation is 1. The van der Waals surface area contributed by atoms with E-state index in [-0.39, 0.29) is 18.2 Å². The molecular formula is C29H39N3O3. The molecule has 6 nitrogen and oxygen atoms in total. The number of carbonyl (C=O) groups is 1. The molecule has 1 aliphatic carbocycles. The van der Waals surface area contributed by atoms with Crippen molar-refractivity contribution in [2.24, 2.45) is 0 Å². The molecule has 0 fully saturated rings. The van der Waals surface area contributed by atoms with Crippen LogP contribution < -0.4 is 10.1 Å². The van der Waals surface area contributed by atoms with Crippen molar-refractivity contribution in [3.8, 4) is 5.88 Å². The molecule has 0 saturated heterocycles. The van der Waals surface area contributed by atoms with E-state index >= 15 is 0 Å². The third kappa shape index (κ3) is 5.93. The predicted octanol–water partition coefficient (Wildman–Crippen LogP) is 5.92. The number of nitrogens with one attached hydrogen (secondary N) is 1. The average Bonchev–Trinajstić information content (AvgIpc) is 3.09. The fourth-order valence-corrected chi connectivity index (χ4v) is 4.10. The zero-order chi connectivity index (χ0) is 25.9. The Morgan fingerprint density at radius 2 is 1.80 bits per heavy atom. The van der Waals surface area contributed by atoms with Crippen LogP contribution in [0.1, 0.15) is 88.1 Å². The van der Waals surface area contributed by atoms with Crippen LogP contribution in [0.25, 0.3) is 0 Å². The summed E-state index contributed by atoms with van der Waals surface area (Å²) < 4.78 is 8.23. The van der Waals surface area contributed by atoms with Crippen molar-refractivity contribution in [2.75, 3.05) is 6.61 Å². The summed E-state index contributed by atoms with van der Waals surface area (Å²) >= 11 is 0. The summed E-state index contributed by atoms with van der Waals surface area (Å²) in [6.45, 7) is 16.1. The molecule has 188 valence electrons. The lowest BCUT2D eigenvalue weighted by molar-refractivity contribution is 0.0909. The number of nitrogens with zero attached hydrogens (tertiary/aromatic N) is 2. The molecule has 2 N–H and O–H groups in total. The molecule has 2 aromatic rings. The Bertz CT molecular complexity index is 1170. The van der Waals surface area contributed by atoms with Crippen molar-refractivity contribution in [3.63, 3.8) is 0 Å². The van der Waals surface area contributed by atoms with Gasteiger partial charge in [-0.05, 0) is 84.1 Å². The monoisotopic (exact) mass is 477 g/mol. The van der Waals surface area contributed by atoms with Crippen molar-refractivity contribution < 1.29 is 14.6 Å². The fourth-order valence-electron chi connectivity index (χ4n) is 4.10. The zero-order valence-electron chi connectivity index (χ0n) is 22.3. The molecule has 1 aliphatic rings. The predicted molar refractivity (Wildman–Crippen MR) is 141 cm³/mol. The highest BCUT2D eigenvalue weighted by Crippen LogP contribution is 2.33. The van der Waals surface area contributed by atoms with E-state index in [1.54, 1.807) is 4.68 Å². The Hall–Kier alpha value is -3.12. The van der Waals surface area contributed by atoms with Crippen LogP contribution in [0.4, 0.5) is 0 Å². The van der Waals surface area contributed by atoms with Gasteiger partial charge in [0.05, 0.1) is 18.2 Å². The van der Waals surface area contributed by atoms with Crippen molar-refractivity contribution in [1.82, 2.24) is 15.1 Å². The number of carbonyl (C=O) groups excluding carboxylic acids is 1. The van der Waals surface area contributed by atoms with Crippen LogP contribution in [-0.4, -0.2) is 27.4 Å².